The molecule has 2 nitrogen and oxygen atoms in total. The minimum absolute atomic E-state index is 0.213. The molecule has 1 aromatic carbocycles. The van der Waals surface area contributed by atoms with Crippen molar-refractivity contribution < 1.29 is 13.1 Å². The van der Waals surface area contributed by atoms with Crippen LogP contribution in [0.2, 0.25) is 0 Å². The van der Waals surface area contributed by atoms with Gasteiger partial charge in [0.05, 0.1) is 0 Å². The summed E-state index contributed by atoms with van der Waals surface area (Å²) in [5.74, 6) is 2.51. The average molecular weight is 455 g/mol. The molecule has 0 amide bonds. The molecule has 170 valence electrons. The fourth-order valence-electron chi connectivity index (χ4n) is 5.52. The summed E-state index contributed by atoms with van der Waals surface area (Å²) in [7, 11) is 0. The lowest BCUT2D eigenvalue weighted by Gasteiger charge is -2.30. The Hall–Kier alpha value is -0.390. The zero-order chi connectivity index (χ0) is 21.3. The Morgan fingerprint density at radius 3 is 2.20 bits per heavy atom. The van der Waals surface area contributed by atoms with Crippen molar-refractivity contribution in [2.45, 2.75) is 120 Å². The summed E-state index contributed by atoms with van der Waals surface area (Å²) in [5, 5.41) is 0. The predicted molar refractivity (Wildman–Crippen MR) is 129 cm³/mol. The van der Waals surface area contributed by atoms with Gasteiger partial charge in [0, 0.05) is 12.0 Å². The third-order valence-electron chi connectivity index (χ3n) is 7.15. The lowest BCUT2D eigenvalue weighted by atomic mass is 9.77. The van der Waals surface area contributed by atoms with E-state index in [9.17, 15) is 4.39 Å². The first-order valence-corrected chi connectivity index (χ1v) is 13.8. The van der Waals surface area contributed by atoms with Gasteiger partial charge in [-0.2, -0.15) is 0 Å². The van der Waals surface area contributed by atoms with E-state index in [1.807, 2.05) is 0 Å². The van der Waals surface area contributed by atoms with Crippen LogP contribution in [0.4, 0.5) is 4.39 Å². The molecule has 2 fully saturated rings. The molecule has 0 heterocycles. The minimum Gasteiger partial charge on any atom is -0.421 e. The molecule has 1 N–H and O–H groups in total. The number of halogens is 1. The smallest absolute Gasteiger partial charge is 0.252 e. The summed E-state index contributed by atoms with van der Waals surface area (Å²) >= 11 is 0.968. The highest BCUT2D eigenvalue weighted by atomic mass is 32.2. The maximum absolute atomic E-state index is 13.9. The maximum atomic E-state index is 13.9. The molecule has 0 aromatic heterocycles. The largest absolute Gasteiger partial charge is 0.421 e. The fraction of sp³-hybridized carbons (Fsp3) is 0.760. The Morgan fingerprint density at radius 1 is 1.00 bits per heavy atom. The normalized spacial score (nSPS) is 20.8. The van der Waals surface area contributed by atoms with Gasteiger partial charge in [-0.25, -0.2) is 4.39 Å². The molecule has 2 aliphatic carbocycles. The van der Waals surface area contributed by atoms with E-state index >= 15 is 0 Å². The van der Waals surface area contributed by atoms with Crippen LogP contribution < -0.4 is 4.18 Å². The molecule has 2 aliphatic rings. The van der Waals surface area contributed by atoms with Crippen LogP contribution in [0.3, 0.4) is 0 Å². The second-order valence-electron chi connectivity index (χ2n) is 9.15. The van der Waals surface area contributed by atoms with Gasteiger partial charge in [-0.1, -0.05) is 70.9 Å². The molecule has 5 heteroatoms. The first-order valence-electron chi connectivity index (χ1n) is 12.1. The molecule has 1 aromatic rings. The highest BCUT2D eigenvalue weighted by molar-refractivity contribution is 8.12. The van der Waals surface area contributed by atoms with E-state index in [2.05, 4.69) is 26.0 Å². The van der Waals surface area contributed by atoms with E-state index in [1.165, 1.54) is 80.9 Å². The highest BCUT2D eigenvalue weighted by Crippen LogP contribution is 2.47. The number of benzene rings is 1. The van der Waals surface area contributed by atoms with Crippen molar-refractivity contribution in [2.75, 3.05) is 0 Å². The summed E-state index contributed by atoms with van der Waals surface area (Å²) in [5.41, 5.74) is 4.08. The lowest BCUT2D eigenvalue weighted by molar-refractivity contribution is 0.426. The summed E-state index contributed by atoms with van der Waals surface area (Å²) < 4.78 is 29.1. The van der Waals surface area contributed by atoms with E-state index < -0.39 is 4.84 Å². The summed E-state index contributed by atoms with van der Waals surface area (Å²) in [4.78, 5) is -1.48. The first-order chi connectivity index (χ1) is 14.7. The molecular formula is C25H39FO2S2. The van der Waals surface area contributed by atoms with Gasteiger partial charge < -0.3 is 8.74 Å². The van der Waals surface area contributed by atoms with Gasteiger partial charge in [0.1, 0.15) is 17.8 Å². The van der Waals surface area contributed by atoms with Crippen molar-refractivity contribution in [2.24, 2.45) is 0 Å². The zero-order valence-electron chi connectivity index (χ0n) is 18.7. The number of hydrogen-bond acceptors (Lipinski definition) is 4. The Morgan fingerprint density at radius 2 is 1.63 bits per heavy atom. The molecule has 2 saturated carbocycles. The zero-order valence-corrected chi connectivity index (χ0v) is 20.3. The van der Waals surface area contributed by atoms with Crippen molar-refractivity contribution >= 4 is 24.1 Å². The summed E-state index contributed by atoms with van der Waals surface area (Å²) in [6, 6.07) is 4.82. The summed E-state index contributed by atoms with van der Waals surface area (Å²) in [6.45, 7) is 4.50. The molecular weight excluding hydrogens is 415 g/mol. The maximum Gasteiger partial charge on any atom is 0.252 e. The quantitative estimate of drug-likeness (QED) is 0.281. The van der Waals surface area contributed by atoms with Crippen molar-refractivity contribution in [1.82, 2.24) is 0 Å². The van der Waals surface area contributed by atoms with E-state index in [-0.39, 0.29) is 12.0 Å². The monoisotopic (exact) mass is 454 g/mol. The van der Waals surface area contributed by atoms with Crippen LogP contribution in [0.15, 0.2) is 12.1 Å². The van der Waals surface area contributed by atoms with Crippen LogP contribution in [0.1, 0.15) is 132 Å². The van der Waals surface area contributed by atoms with Crippen LogP contribution >= 0.6 is 24.1 Å². The van der Waals surface area contributed by atoms with Gasteiger partial charge in [-0.15, -0.1) is 0 Å². The van der Waals surface area contributed by atoms with Gasteiger partial charge in [-0.3, -0.25) is 0 Å². The van der Waals surface area contributed by atoms with Crippen LogP contribution in [-0.4, -0.2) is 9.39 Å². The van der Waals surface area contributed by atoms with Gasteiger partial charge in [0.15, 0.2) is 0 Å². The molecule has 0 bridgehead atoms. The van der Waals surface area contributed by atoms with E-state index in [0.29, 0.717) is 17.8 Å². The number of hydrogen-bond donors (Lipinski definition) is 1. The highest BCUT2D eigenvalue weighted by Gasteiger charge is 2.28. The van der Waals surface area contributed by atoms with E-state index in [4.69, 9.17) is 8.74 Å². The standard InChI is InChI=1S/C25H39FO2S2/c1-3-11-18(4-2)22-16-21(19-12-7-5-8-13-19)17-23(20-14-9-6-10-15-20)24(22)28-30-25(26)29-27/h16-20,25,27H,3-15H2,1-2H3. The molecule has 2 atom stereocenters. The Balaban J connectivity index is 2.05. The van der Waals surface area contributed by atoms with Crippen molar-refractivity contribution in [1.29, 1.82) is 0 Å². The number of alkyl halides is 1. The fourth-order valence-corrected chi connectivity index (χ4v) is 6.14. The molecule has 30 heavy (non-hydrogen) atoms. The topological polar surface area (TPSA) is 29.5 Å². The third kappa shape index (κ3) is 6.32. The van der Waals surface area contributed by atoms with Crippen LogP contribution in [0.5, 0.6) is 5.75 Å². The molecule has 0 radical (unpaired) electrons. The van der Waals surface area contributed by atoms with Gasteiger partial charge >= 0.3 is 0 Å². The Bertz CT molecular complexity index is 616. The number of rotatable bonds is 10. The SMILES string of the molecule is CCCC(CC)c1cc(C2CCCCC2)cc(C2CCCCC2)c1OSC(F)SO. The Labute approximate surface area is 191 Å². The van der Waals surface area contributed by atoms with Crippen molar-refractivity contribution in [3.8, 4) is 5.75 Å². The molecule has 0 spiro atoms. The molecule has 2 unspecified atom stereocenters. The second kappa shape index (κ2) is 12.6. The van der Waals surface area contributed by atoms with Gasteiger partial charge in [-0.05, 0) is 73.0 Å². The van der Waals surface area contributed by atoms with Crippen molar-refractivity contribution in [3.05, 3.63) is 28.8 Å². The average Bonchev–Trinajstić information content (AvgIpc) is 2.81. The first kappa shape index (κ1) is 24.3. The van der Waals surface area contributed by atoms with Crippen LogP contribution in [0, 0.1) is 0 Å². The Kier molecular flexibility index (Phi) is 10.2. The van der Waals surface area contributed by atoms with E-state index in [1.54, 1.807) is 0 Å². The molecule has 3 rings (SSSR count). The van der Waals surface area contributed by atoms with Gasteiger partial charge in [0.2, 0.25) is 0 Å². The second-order valence-corrected chi connectivity index (χ2v) is 10.8. The third-order valence-corrected chi connectivity index (χ3v) is 8.22. The summed E-state index contributed by atoms with van der Waals surface area (Å²) in [6.07, 6.45) is 16.2. The molecule has 0 aliphatic heterocycles. The predicted octanol–water partition coefficient (Wildman–Crippen LogP) is 9.56. The minimum atomic E-state index is -1.48. The van der Waals surface area contributed by atoms with E-state index in [0.717, 1.165) is 37.1 Å². The van der Waals surface area contributed by atoms with Crippen molar-refractivity contribution in [3.63, 3.8) is 0 Å². The lowest BCUT2D eigenvalue weighted by Crippen LogP contribution is -2.13. The van der Waals surface area contributed by atoms with Crippen LogP contribution in [-0.2, 0) is 0 Å². The van der Waals surface area contributed by atoms with Crippen LogP contribution in [0.25, 0.3) is 0 Å². The van der Waals surface area contributed by atoms with Gasteiger partial charge in [0.25, 0.3) is 4.84 Å². The molecule has 0 saturated heterocycles.